The van der Waals surface area contributed by atoms with Crippen molar-refractivity contribution in [2.75, 3.05) is 24.5 Å². The number of rotatable bonds is 2. The average molecular weight is 449 g/mol. The van der Waals surface area contributed by atoms with Crippen LogP contribution in [-0.4, -0.2) is 45.8 Å². The molecule has 3 N–H and O–H groups in total. The van der Waals surface area contributed by atoms with Gasteiger partial charge in [-0.25, -0.2) is 4.98 Å². The summed E-state index contributed by atoms with van der Waals surface area (Å²) in [5.41, 5.74) is 6.45. The number of primary amides is 1. The van der Waals surface area contributed by atoms with Gasteiger partial charge >= 0.3 is 0 Å². The number of carbonyl (C=O) groups is 2. The average Bonchev–Trinajstić information content (AvgIpc) is 3.34. The fraction of sp³-hybridized carbons (Fsp3) is 0.318. The highest BCUT2D eigenvalue weighted by Crippen LogP contribution is 2.38. The predicted molar refractivity (Wildman–Crippen MR) is 122 cm³/mol. The molecule has 0 unspecified atom stereocenters. The fourth-order valence-electron chi connectivity index (χ4n) is 4.94. The van der Waals surface area contributed by atoms with E-state index in [1.54, 1.807) is 0 Å². The molecule has 6 rings (SSSR count). The number of anilines is 1. The highest BCUT2D eigenvalue weighted by molar-refractivity contribution is 7.24. The van der Waals surface area contributed by atoms with Crippen molar-refractivity contribution in [2.24, 2.45) is 11.1 Å². The number of nitrogens with two attached hydrogens (primary N) is 1. The third kappa shape index (κ3) is 2.72. The van der Waals surface area contributed by atoms with Crippen LogP contribution in [0.1, 0.15) is 29.6 Å². The number of benzene rings is 1. The van der Waals surface area contributed by atoms with Crippen molar-refractivity contribution in [3.05, 3.63) is 46.2 Å². The van der Waals surface area contributed by atoms with Gasteiger partial charge in [0.2, 0.25) is 17.3 Å². The van der Waals surface area contributed by atoms with E-state index in [0.717, 1.165) is 42.7 Å². The number of carbonyl (C=O) groups excluding carboxylic acids is 2. The Bertz CT molecular complexity index is 1500. The fourth-order valence-corrected chi connectivity index (χ4v) is 6.13. The molecule has 0 aliphatic carbocycles. The Morgan fingerprint density at radius 1 is 1.19 bits per heavy atom. The van der Waals surface area contributed by atoms with Crippen molar-refractivity contribution < 1.29 is 9.59 Å². The summed E-state index contributed by atoms with van der Waals surface area (Å²) in [5, 5.41) is 3.22. The van der Waals surface area contributed by atoms with E-state index in [1.807, 2.05) is 28.7 Å². The maximum atomic E-state index is 13.1. The predicted octanol–water partition coefficient (Wildman–Crippen LogP) is 1.66. The zero-order chi connectivity index (χ0) is 22.0. The number of piperidine rings is 1. The first-order valence-electron chi connectivity index (χ1n) is 10.5. The highest BCUT2D eigenvalue weighted by atomic mass is 32.1. The van der Waals surface area contributed by atoms with Gasteiger partial charge in [0.05, 0.1) is 15.6 Å². The first-order valence-corrected chi connectivity index (χ1v) is 11.3. The first-order chi connectivity index (χ1) is 15.5. The molecule has 1 spiro atoms. The number of para-hydroxylation sites is 1. The number of amides is 2. The number of fused-ring (bicyclic) bond motifs is 5. The van der Waals surface area contributed by atoms with Crippen LogP contribution in [0.25, 0.3) is 26.1 Å². The molecule has 4 aromatic rings. The number of hydrogen-bond acceptors (Lipinski definition) is 7. The van der Waals surface area contributed by atoms with Crippen LogP contribution >= 0.6 is 11.3 Å². The van der Waals surface area contributed by atoms with Gasteiger partial charge in [-0.05, 0) is 30.4 Å². The summed E-state index contributed by atoms with van der Waals surface area (Å²) < 4.78 is 2.77. The Morgan fingerprint density at radius 2 is 1.97 bits per heavy atom. The summed E-state index contributed by atoms with van der Waals surface area (Å²) in [6, 6.07) is 7.70. The Morgan fingerprint density at radius 3 is 2.69 bits per heavy atom. The zero-order valence-corrected chi connectivity index (χ0v) is 17.9. The Balaban J connectivity index is 1.51. The minimum absolute atomic E-state index is 0.0224. The van der Waals surface area contributed by atoms with Crippen LogP contribution < -0.4 is 21.4 Å². The second-order valence-corrected chi connectivity index (χ2v) is 9.66. The van der Waals surface area contributed by atoms with Gasteiger partial charge in [-0.1, -0.05) is 12.1 Å². The van der Waals surface area contributed by atoms with E-state index in [4.69, 9.17) is 10.7 Å². The van der Waals surface area contributed by atoms with Gasteiger partial charge < -0.3 is 16.0 Å². The quantitative estimate of drug-likeness (QED) is 0.481. The molecule has 0 atom stereocenters. The Hall–Kier alpha value is -3.53. The molecule has 2 aliphatic rings. The van der Waals surface area contributed by atoms with E-state index < -0.39 is 11.3 Å². The molecule has 10 heteroatoms. The van der Waals surface area contributed by atoms with Gasteiger partial charge in [0, 0.05) is 32.3 Å². The van der Waals surface area contributed by atoms with E-state index >= 15 is 0 Å². The second-order valence-electron chi connectivity index (χ2n) is 8.63. The molecule has 2 amide bonds. The Labute approximate surface area is 185 Å². The van der Waals surface area contributed by atoms with Gasteiger partial charge in [0.1, 0.15) is 10.4 Å². The van der Waals surface area contributed by atoms with Gasteiger partial charge in [0.15, 0.2) is 5.65 Å². The van der Waals surface area contributed by atoms with E-state index in [0.29, 0.717) is 22.8 Å². The van der Waals surface area contributed by atoms with Gasteiger partial charge in [-0.15, -0.1) is 11.3 Å². The lowest BCUT2D eigenvalue weighted by Gasteiger charge is -2.38. The second kappa shape index (κ2) is 6.73. The molecule has 32 heavy (non-hydrogen) atoms. The largest absolute Gasteiger partial charge is 0.365 e. The third-order valence-corrected chi connectivity index (χ3v) is 7.86. The molecule has 2 saturated heterocycles. The van der Waals surface area contributed by atoms with Gasteiger partial charge in [-0.3, -0.25) is 18.8 Å². The molecule has 3 aromatic heterocycles. The van der Waals surface area contributed by atoms with E-state index in [1.165, 1.54) is 17.5 Å². The number of hydrogen-bond donors (Lipinski definition) is 2. The molecular formula is C22H20N6O3S. The number of nitrogens with one attached hydrogen (secondary N) is 1. The summed E-state index contributed by atoms with van der Waals surface area (Å²) in [5.74, 6) is -0.0946. The van der Waals surface area contributed by atoms with Crippen LogP contribution in [0.5, 0.6) is 0 Å². The zero-order valence-electron chi connectivity index (χ0n) is 17.1. The molecule has 0 bridgehead atoms. The molecule has 5 heterocycles. The minimum atomic E-state index is -0.758. The first kappa shape index (κ1) is 19.2. The SMILES string of the molecule is NC(=O)c1c(=O)c2cnc(N3CCC4(CC3)CNC(=O)C4)nc2n2c1sc1ccccc12. The summed E-state index contributed by atoms with van der Waals surface area (Å²) in [4.78, 5) is 48.8. The summed E-state index contributed by atoms with van der Waals surface area (Å²) >= 11 is 1.35. The maximum absolute atomic E-state index is 13.1. The van der Waals surface area contributed by atoms with Crippen LogP contribution in [0.2, 0.25) is 0 Å². The minimum Gasteiger partial charge on any atom is -0.365 e. The summed E-state index contributed by atoms with van der Waals surface area (Å²) in [6.07, 6.45) is 3.83. The van der Waals surface area contributed by atoms with Crippen molar-refractivity contribution in [2.45, 2.75) is 19.3 Å². The molecule has 9 nitrogen and oxygen atoms in total. The third-order valence-electron chi connectivity index (χ3n) is 6.72. The topological polar surface area (TPSA) is 123 Å². The van der Waals surface area contributed by atoms with E-state index in [9.17, 15) is 14.4 Å². The van der Waals surface area contributed by atoms with Crippen molar-refractivity contribution in [3.63, 3.8) is 0 Å². The standard InChI is InChI=1S/C22H20N6O3S/c23-18(31)16-17(30)12-10-24-21(27-7-5-22(6-8-27)9-15(29)25-11-22)26-19(12)28-13-3-1-2-4-14(13)32-20(16)28/h1-4,10H,5-9,11H2,(H2,23,31)(H,25,29). The number of aromatic nitrogens is 3. The normalized spacial score (nSPS) is 18.1. The molecule has 2 aliphatic heterocycles. The molecular weight excluding hydrogens is 428 g/mol. The van der Waals surface area contributed by atoms with Crippen LogP contribution in [0.4, 0.5) is 5.95 Å². The highest BCUT2D eigenvalue weighted by Gasteiger charge is 2.41. The molecule has 162 valence electrons. The van der Waals surface area contributed by atoms with Crippen molar-refractivity contribution in [1.82, 2.24) is 19.7 Å². The van der Waals surface area contributed by atoms with Gasteiger partial charge in [-0.2, -0.15) is 4.98 Å². The Kier molecular flexibility index (Phi) is 4.03. The smallest absolute Gasteiger partial charge is 0.255 e. The molecule has 1 aromatic carbocycles. The number of nitrogens with zero attached hydrogens (tertiary/aromatic N) is 4. The monoisotopic (exact) mass is 448 g/mol. The number of pyridine rings is 1. The van der Waals surface area contributed by atoms with Crippen molar-refractivity contribution in [1.29, 1.82) is 0 Å². The lowest BCUT2D eigenvalue weighted by atomic mass is 9.78. The van der Waals surface area contributed by atoms with Crippen LogP contribution in [-0.2, 0) is 4.79 Å². The van der Waals surface area contributed by atoms with E-state index in [-0.39, 0.29) is 22.3 Å². The maximum Gasteiger partial charge on any atom is 0.255 e. The van der Waals surface area contributed by atoms with Crippen molar-refractivity contribution in [3.8, 4) is 0 Å². The lowest BCUT2D eigenvalue weighted by Crippen LogP contribution is -2.42. The van der Waals surface area contributed by atoms with Crippen molar-refractivity contribution >= 4 is 55.2 Å². The summed E-state index contributed by atoms with van der Waals surface area (Å²) in [6.45, 7) is 2.20. The lowest BCUT2D eigenvalue weighted by molar-refractivity contribution is -0.119. The molecule has 2 fully saturated rings. The number of thiazole rings is 1. The van der Waals surface area contributed by atoms with Crippen LogP contribution in [0.3, 0.4) is 0 Å². The van der Waals surface area contributed by atoms with Crippen LogP contribution in [0.15, 0.2) is 35.3 Å². The molecule has 0 radical (unpaired) electrons. The van der Waals surface area contributed by atoms with Crippen LogP contribution in [0, 0.1) is 5.41 Å². The summed E-state index contributed by atoms with van der Waals surface area (Å²) in [7, 11) is 0. The van der Waals surface area contributed by atoms with Gasteiger partial charge in [0.25, 0.3) is 5.91 Å². The molecule has 0 saturated carbocycles. The van der Waals surface area contributed by atoms with E-state index in [2.05, 4.69) is 15.2 Å².